The Hall–Kier alpha value is -1.20. The van der Waals surface area contributed by atoms with Crippen molar-refractivity contribution in [3.05, 3.63) is 28.6 Å². The quantitative estimate of drug-likeness (QED) is 0.632. The van der Waals surface area contributed by atoms with Gasteiger partial charge in [0.15, 0.2) is 5.82 Å². The van der Waals surface area contributed by atoms with Crippen LogP contribution in [-0.2, 0) is 0 Å². The number of aryl methyl sites for hydroxylation is 1. The van der Waals surface area contributed by atoms with Crippen molar-refractivity contribution in [3.63, 3.8) is 0 Å². The van der Waals surface area contributed by atoms with Crippen LogP contribution in [0.1, 0.15) is 5.69 Å². The zero-order chi connectivity index (χ0) is 9.54. The average molecular weight is 221 g/mol. The molecule has 3 rings (SSSR count). The molecule has 0 spiro atoms. The molecule has 70 valence electrons. The molecule has 3 heterocycles. The van der Waals surface area contributed by atoms with Crippen LogP contribution in [0.15, 0.2) is 22.9 Å². The van der Waals surface area contributed by atoms with Crippen molar-refractivity contribution in [3.8, 4) is 10.7 Å². The smallest absolute Gasteiger partial charge is 0.208 e. The summed E-state index contributed by atoms with van der Waals surface area (Å²) in [6.07, 6.45) is 0. The van der Waals surface area contributed by atoms with Crippen molar-refractivity contribution in [2.75, 3.05) is 0 Å². The van der Waals surface area contributed by atoms with Crippen LogP contribution in [0.5, 0.6) is 0 Å². The SMILES string of the molecule is Cc1csc2nc(-c3cccs3)nn12. The minimum absolute atomic E-state index is 0.829. The Bertz CT molecular complexity index is 562. The third kappa shape index (κ3) is 1.09. The molecule has 3 nitrogen and oxygen atoms in total. The summed E-state index contributed by atoms with van der Waals surface area (Å²) in [5.74, 6) is 0.829. The Morgan fingerprint density at radius 2 is 2.29 bits per heavy atom. The minimum atomic E-state index is 0.829. The van der Waals surface area contributed by atoms with Crippen molar-refractivity contribution in [1.82, 2.24) is 14.6 Å². The third-order valence-electron chi connectivity index (χ3n) is 1.99. The Kier molecular flexibility index (Phi) is 1.68. The second-order valence-electron chi connectivity index (χ2n) is 2.98. The van der Waals surface area contributed by atoms with Crippen LogP contribution in [0.25, 0.3) is 15.7 Å². The molecule has 0 atom stereocenters. The number of fused-ring (bicyclic) bond motifs is 1. The monoisotopic (exact) mass is 221 g/mol. The first-order chi connectivity index (χ1) is 6.84. The van der Waals surface area contributed by atoms with E-state index in [9.17, 15) is 0 Å². The van der Waals surface area contributed by atoms with Crippen LogP contribution in [-0.4, -0.2) is 14.6 Å². The summed E-state index contributed by atoms with van der Waals surface area (Å²) >= 11 is 3.29. The Labute approximate surface area is 88.7 Å². The van der Waals surface area contributed by atoms with Gasteiger partial charge < -0.3 is 0 Å². The molecule has 3 aromatic heterocycles. The molecule has 0 bridgehead atoms. The van der Waals surface area contributed by atoms with Crippen LogP contribution in [0.3, 0.4) is 0 Å². The van der Waals surface area contributed by atoms with Gasteiger partial charge in [-0.3, -0.25) is 0 Å². The Morgan fingerprint density at radius 1 is 1.36 bits per heavy atom. The highest BCUT2D eigenvalue weighted by molar-refractivity contribution is 7.15. The molecule has 3 aromatic rings. The van der Waals surface area contributed by atoms with Crippen molar-refractivity contribution in [2.24, 2.45) is 0 Å². The fourth-order valence-corrected chi connectivity index (χ4v) is 2.75. The lowest BCUT2D eigenvalue weighted by atomic mass is 10.4. The fraction of sp³-hybridized carbons (Fsp3) is 0.111. The number of hydrogen-bond donors (Lipinski definition) is 0. The molecule has 5 heteroatoms. The van der Waals surface area contributed by atoms with Crippen molar-refractivity contribution >= 4 is 27.6 Å². The summed E-state index contributed by atoms with van der Waals surface area (Å²) in [5, 5.41) is 8.54. The fourth-order valence-electron chi connectivity index (χ4n) is 1.30. The molecular weight excluding hydrogens is 214 g/mol. The Balaban J connectivity index is 2.24. The average Bonchev–Trinajstić information content (AvgIpc) is 2.83. The van der Waals surface area contributed by atoms with Gasteiger partial charge in [0.1, 0.15) is 0 Å². The van der Waals surface area contributed by atoms with E-state index < -0.39 is 0 Å². The topological polar surface area (TPSA) is 30.2 Å². The first-order valence-electron chi connectivity index (χ1n) is 4.19. The van der Waals surface area contributed by atoms with E-state index in [1.807, 2.05) is 29.0 Å². The van der Waals surface area contributed by atoms with Crippen LogP contribution >= 0.6 is 22.7 Å². The molecular formula is C9H7N3S2. The van der Waals surface area contributed by atoms with Gasteiger partial charge in [0.2, 0.25) is 4.96 Å². The molecule has 0 radical (unpaired) electrons. The van der Waals surface area contributed by atoms with Gasteiger partial charge in [0.25, 0.3) is 0 Å². The summed E-state index contributed by atoms with van der Waals surface area (Å²) < 4.78 is 1.89. The molecule has 14 heavy (non-hydrogen) atoms. The third-order valence-corrected chi connectivity index (χ3v) is 3.79. The zero-order valence-electron chi connectivity index (χ0n) is 7.47. The zero-order valence-corrected chi connectivity index (χ0v) is 9.10. The Morgan fingerprint density at radius 3 is 3.00 bits per heavy atom. The van der Waals surface area contributed by atoms with E-state index in [2.05, 4.69) is 15.5 Å². The molecule has 0 saturated carbocycles. The van der Waals surface area contributed by atoms with Gasteiger partial charge in [0, 0.05) is 5.38 Å². The van der Waals surface area contributed by atoms with Crippen molar-refractivity contribution in [2.45, 2.75) is 6.92 Å². The summed E-state index contributed by atoms with van der Waals surface area (Å²) in [6, 6.07) is 4.06. The highest BCUT2D eigenvalue weighted by atomic mass is 32.1. The van der Waals surface area contributed by atoms with Gasteiger partial charge >= 0.3 is 0 Å². The summed E-state index contributed by atoms with van der Waals surface area (Å²) in [6.45, 7) is 2.04. The molecule has 0 aliphatic rings. The maximum Gasteiger partial charge on any atom is 0.212 e. The molecule has 0 aromatic carbocycles. The van der Waals surface area contributed by atoms with Crippen LogP contribution in [0, 0.1) is 6.92 Å². The molecule has 0 N–H and O–H groups in total. The predicted molar refractivity (Wildman–Crippen MR) is 58.9 cm³/mol. The van der Waals surface area contributed by atoms with E-state index in [-0.39, 0.29) is 0 Å². The van der Waals surface area contributed by atoms with Gasteiger partial charge in [0.05, 0.1) is 10.6 Å². The minimum Gasteiger partial charge on any atom is -0.208 e. The lowest BCUT2D eigenvalue weighted by Crippen LogP contribution is -1.85. The molecule has 0 unspecified atom stereocenters. The lowest BCUT2D eigenvalue weighted by Gasteiger charge is -1.85. The van der Waals surface area contributed by atoms with E-state index in [0.717, 1.165) is 21.4 Å². The maximum absolute atomic E-state index is 4.46. The standard InChI is InChI=1S/C9H7N3S2/c1-6-5-14-9-10-8(11-12(6)9)7-3-2-4-13-7/h2-5H,1H3. The van der Waals surface area contributed by atoms with Crippen LogP contribution in [0.2, 0.25) is 0 Å². The van der Waals surface area contributed by atoms with E-state index in [1.165, 1.54) is 0 Å². The normalized spacial score (nSPS) is 11.2. The van der Waals surface area contributed by atoms with Gasteiger partial charge in [-0.2, -0.15) is 4.98 Å². The number of thiophene rings is 1. The number of rotatable bonds is 1. The number of aromatic nitrogens is 3. The molecule has 0 aliphatic carbocycles. The first-order valence-corrected chi connectivity index (χ1v) is 5.95. The van der Waals surface area contributed by atoms with E-state index in [1.54, 1.807) is 22.7 Å². The predicted octanol–water partition coefficient (Wildman–Crippen LogP) is 2.83. The van der Waals surface area contributed by atoms with Crippen LogP contribution in [0.4, 0.5) is 0 Å². The largest absolute Gasteiger partial charge is 0.212 e. The first kappa shape index (κ1) is 8.14. The second-order valence-corrected chi connectivity index (χ2v) is 4.77. The van der Waals surface area contributed by atoms with E-state index in [4.69, 9.17) is 0 Å². The van der Waals surface area contributed by atoms with E-state index >= 15 is 0 Å². The van der Waals surface area contributed by atoms with Crippen molar-refractivity contribution in [1.29, 1.82) is 0 Å². The molecule has 0 amide bonds. The summed E-state index contributed by atoms with van der Waals surface area (Å²) in [4.78, 5) is 6.55. The molecule has 0 aliphatic heterocycles. The van der Waals surface area contributed by atoms with Crippen molar-refractivity contribution < 1.29 is 0 Å². The van der Waals surface area contributed by atoms with E-state index in [0.29, 0.717) is 0 Å². The van der Waals surface area contributed by atoms with Gasteiger partial charge in [-0.1, -0.05) is 6.07 Å². The number of nitrogens with zero attached hydrogens (tertiary/aromatic N) is 3. The summed E-state index contributed by atoms with van der Waals surface area (Å²) in [5.41, 5.74) is 1.14. The maximum atomic E-state index is 4.46. The van der Waals surface area contributed by atoms with Crippen LogP contribution < -0.4 is 0 Å². The molecule has 0 fully saturated rings. The number of hydrogen-bond acceptors (Lipinski definition) is 4. The second kappa shape index (κ2) is 2.90. The summed E-state index contributed by atoms with van der Waals surface area (Å²) in [7, 11) is 0. The lowest BCUT2D eigenvalue weighted by molar-refractivity contribution is 0.938. The highest BCUT2D eigenvalue weighted by Gasteiger charge is 2.09. The highest BCUT2D eigenvalue weighted by Crippen LogP contribution is 2.23. The van der Waals surface area contributed by atoms with Gasteiger partial charge in [-0.05, 0) is 18.4 Å². The molecule has 0 saturated heterocycles. The van der Waals surface area contributed by atoms with Gasteiger partial charge in [-0.15, -0.1) is 27.8 Å². The van der Waals surface area contributed by atoms with Gasteiger partial charge in [-0.25, -0.2) is 4.52 Å². The number of thiazole rings is 1.